The van der Waals surface area contributed by atoms with Crippen LogP contribution in [0.3, 0.4) is 0 Å². The minimum absolute atomic E-state index is 0.123. The molecule has 0 aliphatic carbocycles. The van der Waals surface area contributed by atoms with Crippen LogP contribution in [0.4, 0.5) is 5.69 Å². The van der Waals surface area contributed by atoms with Gasteiger partial charge in [0, 0.05) is 30.8 Å². The Morgan fingerprint density at radius 2 is 1.90 bits per heavy atom. The number of hydrogen-bond donors (Lipinski definition) is 2. The summed E-state index contributed by atoms with van der Waals surface area (Å²) in [6.45, 7) is 6.94. The summed E-state index contributed by atoms with van der Waals surface area (Å²) in [5.41, 5.74) is 3.33. The van der Waals surface area contributed by atoms with E-state index in [1.165, 1.54) is 0 Å². The minimum Gasteiger partial charge on any atom is -0.408 e. The Kier molecular flexibility index (Phi) is 6.72. The predicted octanol–water partition coefficient (Wildman–Crippen LogP) is 3.71. The molecule has 158 valence electrons. The second-order valence-electron chi connectivity index (χ2n) is 7.77. The number of aromatic nitrogens is 1. The molecule has 2 aromatic carbocycles. The van der Waals surface area contributed by atoms with E-state index in [0.29, 0.717) is 42.3 Å². The van der Waals surface area contributed by atoms with E-state index in [1.54, 1.807) is 28.8 Å². The van der Waals surface area contributed by atoms with Crippen LogP contribution in [0.15, 0.2) is 51.7 Å². The maximum absolute atomic E-state index is 12.3. The van der Waals surface area contributed by atoms with E-state index in [2.05, 4.69) is 10.6 Å². The molecule has 0 atom stereocenters. The molecule has 1 aromatic heterocycles. The maximum Gasteiger partial charge on any atom is 0.419 e. The van der Waals surface area contributed by atoms with Gasteiger partial charge in [0.1, 0.15) is 0 Å². The van der Waals surface area contributed by atoms with Gasteiger partial charge in [0.25, 0.3) is 5.91 Å². The molecule has 7 heteroatoms. The summed E-state index contributed by atoms with van der Waals surface area (Å²) in [7, 11) is 0. The Hall–Kier alpha value is -3.35. The normalized spacial score (nSPS) is 11.1. The average Bonchev–Trinajstić information content (AvgIpc) is 3.03. The topological polar surface area (TPSA) is 93.3 Å². The molecule has 30 heavy (non-hydrogen) atoms. The Morgan fingerprint density at radius 3 is 2.63 bits per heavy atom. The second kappa shape index (κ2) is 9.43. The van der Waals surface area contributed by atoms with Crippen molar-refractivity contribution < 1.29 is 14.0 Å². The van der Waals surface area contributed by atoms with Crippen LogP contribution in [-0.4, -0.2) is 22.9 Å². The van der Waals surface area contributed by atoms with Gasteiger partial charge < -0.3 is 15.1 Å². The number of nitrogens with one attached hydrogen (secondary N) is 2. The van der Waals surface area contributed by atoms with Gasteiger partial charge in [-0.25, -0.2) is 4.79 Å². The van der Waals surface area contributed by atoms with Crippen molar-refractivity contribution in [1.82, 2.24) is 9.88 Å². The molecule has 7 nitrogen and oxygen atoms in total. The Bertz CT molecular complexity index is 1110. The molecule has 0 saturated heterocycles. The summed E-state index contributed by atoms with van der Waals surface area (Å²) < 4.78 is 6.74. The van der Waals surface area contributed by atoms with Gasteiger partial charge in [0.2, 0.25) is 5.91 Å². The standard InChI is InChI=1S/C23H27N3O4/c1-15(2)14-24-22(28)17-10-11-18(16(3)13-17)25-21(27)9-6-12-26-19-7-4-5-8-20(19)30-23(26)29/h4-5,7-8,10-11,13,15H,6,9,12,14H2,1-3H3,(H,24,28)(H,25,27). The number of oxazole rings is 1. The first-order valence-corrected chi connectivity index (χ1v) is 10.1. The van der Waals surface area contributed by atoms with Crippen LogP contribution in [-0.2, 0) is 11.3 Å². The van der Waals surface area contributed by atoms with Crippen LogP contribution in [0.1, 0.15) is 42.6 Å². The van der Waals surface area contributed by atoms with E-state index in [9.17, 15) is 14.4 Å². The van der Waals surface area contributed by atoms with Crippen molar-refractivity contribution in [3.05, 3.63) is 64.1 Å². The summed E-state index contributed by atoms with van der Waals surface area (Å²) >= 11 is 0. The summed E-state index contributed by atoms with van der Waals surface area (Å²) in [6.07, 6.45) is 0.770. The highest BCUT2D eigenvalue weighted by Crippen LogP contribution is 2.18. The fraction of sp³-hybridized carbons (Fsp3) is 0.348. The number of nitrogens with zero attached hydrogens (tertiary/aromatic N) is 1. The van der Waals surface area contributed by atoms with Gasteiger partial charge in [0.05, 0.1) is 5.52 Å². The van der Waals surface area contributed by atoms with Crippen LogP contribution < -0.4 is 16.4 Å². The Labute approximate surface area is 175 Å². The summed E-state index contributed by atoms with van der Waals surface area (Å²) in [5.74, 6) is -0.304. The van der Waals surface area contributed by atoms with E-state index in [1.807, 2.05) is 39.0 Å². The van der Waals surface area contributed by atoms with Gasteiger partial charge >= 0.3 is 5.76 Å². The van der Waals surface area contributed by atoms with Crippen LogP contribution in [0, 0.1) is 12.8 Å². The maximum atomic E-state index is 12.3. The van der Waals surface area contributed by atoms with Gasteiger partial charge in [-0.2, -0.15) is 0 Å². The van der Waals surface area contributed by atoms with Gasteiger partial charge in [-0.05, 0) is 55.2 Å². The lowest BCUT2D eigenvalue weighted by Crippen LogP contribution is -2.27. The number of para-hydroxylation sites is 2. The lowest BCUT2D eigenvalue weighted by molar-refractivity contribution is -0.116. The third-order valence-electron chi connectivity index (χ3n) is 4.79. The fourth-order valence-electron chi connectivity index (χ4n) is 3.18. The van der Waals surface area contributed by atoms with E-state index >= 15 is 0 Å². The van der Waals surface area contributed by atoms with Crippen LogP contribution in [0.5, 0.6) is 0 Å². The lowest BCUT2D eigenvalue weighted by Gasteiger charge is -2.11. The molecule has 0 unspecified atom stereocenters. The molecule has 0 spiro atoms. The molecule has 0 aliphatic rings. The lowest BCUT2D eigenvalue weighted by atomic mass is 10.1. The predicted molar refractivity (Wildman–Crippen MR) is 117 cm³/mol. The molecule has 3 aromatic rings. The molecule has 0 saturated carbocycles. The first kappa shape index (κ1) is 21.4. The Balaban J connectivity index is 1.55. The van der Waals surface area contributed by atoms with E-state index in [4.69, 9.17) is 4.42 Å². The second-order valence-corrected chi connectivity index (χ2v) is 7.77. The number of anilines is 1. The molecule has 0 bridgehead atoms. The number of rotatable bonds is 8. The zero-order chi connectivity index (χ0) is 21.7. The largest absolute Gasteiger partial charge is 0.419 e. The monoisotopic (exact) mass is 409 g/mol. The smallest absolute Gasteiger partial charge is 0.408 e. The first-order chi connectivity index (χ1) is 14.3. The fourth-order valence-corrected chi connectivity index (χ4v) is 3.18. The number of carbonyl (C=O) groups excluding carboxylic acids is 2. The highest BCUT2D eigenvalue weighted by molar-refractivity contribution is 5.96. The minimum atomic E-state index is -0.418. The number of aryl methyl sites for hydroxylation is 2. The van der Waals surface area contributed by atoms with Gasteiger partial charge in [-0.1, -0.05) is 26.0 Å². The molecular formula is C23H27N3O4. The molecule has 1 heterocycles. The highest BCUT2D eigenvalue weighted by atomic mass is 16.4. The molecule has 0 aliphatic heterocycles. The molecular weight excluding hydrogens is 382 g/mol. The summed E-state index contributed by atoms with van der Waals surface area (Å²) in [5, 5.41) is 5.76. The number of hydrogen-bond acceptors (Lipinski definition) is 4. The van der Waals surface area contributed by atoms with E-state index < -0.39 is 5.76 Å². The number of fused-ring (bicyclic) bond motifs is 1. The third-order valence-corrected chi connectivity index (χ3v) is 4.79. The zero-order valence-electron chi connectivity index (χ0n) is 17.5. The van der Waals surface area contributed by atoms with Crippen molar-refractivity contribution >= 4 is 28.6 Å². The van der Waals surface area contributed by atoms with Gasteiger partial charge in [-0.3, -0.25) is 14.2 Å². The first-order valence-electron chi connectivity index (χ1n) is 10.1. The van der Waals surface area contributed by atoms with Crippen molar-refractivity contribution in [1.29, 1.82) is 0 Å². The SMILES string of the molecule is Cc1cc(C(=O)NCC(C)C)ccc1NC(=O)CCCn1c(=O)oc2ccccc21. The van der Waals surface area contributed by atoms with Crippen LogP contribution in [0.2, 0.25) is 0 Å². The highest BCUT2D eigenvalue weighted by Gasteiger charge is 2.12. The molecule has 2 amide bonds. The summed E-state index contributed by atoms with van der Waals surface area (Å²) in [4.78, 5) is 36.5. The third kappa shape index (κ3) is 5.17. The molecule has 2 N–H and O–H groups in total. The molecule has 3 rings (SSSR count). The van der Waals surface area contributed by atoms with Crippen LogP contribution >= 0.6 is 0 Å². The number of amides is 2. The zero-order valence-corrected chi connectivity index (χ0v) is 17.5. The van der Waals surface area contributed by atoms with Crippen molar-refractivity contribution in [3.8, 4) is 0 Å². The van der Waals surface area contributed by atoms with Crippen molar-refractivity contribution in [2.45, 2.75) is 40.2 Å². The molecule has 0 radical (unpaired) electrons. The van der Waals surface area contributed by atoms with E-state index in [-0.39, 0.29) is 18.2 Å². The van der Waals surface area contributed by atoms with Crippen molar-refractivity contribution in [3.63, 3.8) is 0 Å². The van der Waals surface area contributed by atoms with Gasteiger partial charge in [0.15, 0.2) is 5.58 Å². The summed E-state index contributed by atoms with van der Waals surface area (Å²) in [6, 6.07) is 12.4. The van der Waals surface area contributed by atoms with Crippen molar-refractivity contribution in [2.75, 3.05) is 11.9 Å². The van der Waals surface area contributed by atoms with Gasteiger partial charge in [-0.15, -0.1) is 0 Å². The average molecular weight is 409 g/mol. The van der Waals surface area contributed by atoms with E-state index in [0.717, 1.165) is 11.1 Å². The van der Waals surface area contributed by atoms with Crippen molar-refractivity contribution in [2.24, 2.45) is 5.92 Å². The number of carbonyl (C=O) groups is 2. The number of benzene rings is 2. The molecule has 0 fully saturated rings. The Morgan fingerprint density at radius 1 is 1.13 bits per heavy atom. The van der Waals surface area contributed by atoms with Crippen LogP contribution in [0.25, 0.3) is 11.1 Å². The quantitative estimate of drug-likeness (QED) is 0.593.